The van der Waals surface area contributed by atoms with E-state index in [9.17, 15) is 9.59 Å². The molecule has 1 atom stereocenters. The molecule has 4 N–H and O–H groups in total. The lowest BCUT2D eigenvalue weighted by Gasteiger charge is -2.07. The fourth-order valence-electron chi connectivity index (χ4n) is 1.68. The van der Waals surface area contributed by atoms with Gasteiger partial charge in [-0.3, -0.25) is 9.59 Å². The zero-order valence-corrected chi connectivity index (χ0v) is 14.2. The molecule has 2 amide bonds. The second kappa shape index (κ2) is 11.3. The van der Waals surface area contributed by atoms with Gasteiger partial charge in [-0.2, -0.15) is 0 Å². The van der Waals surface area contributed by atoms with Crippen molar-refractivity contribution in [1.29, 1.82) is 0 Å². The molecule has 0 saturated carbocycles. The van der Waals surface area contributed by atoms with Crippen LogP contribution in [0.25, 0.3) is 0 Å². The lowest BCUT2D eigenvalue weighted by Crippen LogP contribution is -2.27. The van der Waals surface area contributed by atoms with E-state index in [2.05, 4.69) is 10.6 Å². The van der Waals surface area contributed by atoms with E-state index in [1.165, 1.54) is 0 Å². The van der Waals surface area contributed by atoms with E-state index in [0.29, 0.717) is 42.9 Å². The minimum absolute atomic E-state index is 0. The molecule has 7 heteroatoms. The minimum Gasteiger partial charge on any atom is -0.356 e. The van der Waals surface area contributed by atoms with E-state index >= 15 is 0 Å². The summed E-state index contributed by atoms with van der Waals surface area (Å²) in [6.45, 7) is 2.36. The highest BCUT2D eigenvalue weighted by Gasteiger charge is 2.05. The summed E-state index contributed by atoms with van der Waals surface area (Å²) in [6.07, 6.45) is 2.05. The number of hydrogen-bond acceptors (Lipinski definition) is 3. The molecule has 1 rings (SSSR count). The van der Waals surface area contributed by atoms with E-state index in [1.54, 1.807) is 24.3 Å². The Labute approximate surface area is 142 Å². The van der Waals surface area contributed by atoms with Crippen molar-refractivity contribution in [3.05, 3.63) is 29.3 Å². The molecule has 5 nitrogen and oxygen atoms in total. The summed E-state index contributed by atoms with van der Waals surface area (Å²) < 4.78 is 0. The molecule has 1 unspecified atom stereocenters. The standard InChI is InChI=1S/C15H22ClN3O2.ClH/c1-11(17)4-9-14(20)18-10-2-3-15(21)19-13-7-5-12(16)6-8-13;/h5-8,11H,2-4,9-10,17H2,1H3,(H,18,20)(H,19,21);1H. The largest absolute Gasteiger partial charge is 0.356 e. The van der Waals surface area contributed by atoms with Crippen molar-refractivity contribution in [2.24, 2.45) is 5.73 Å². The maximum absolute atomic E-state index is 11.7. The second-order valence-corrected chi connectivity index (χ2v) is 5.46. The fraction of sp³-hybridized carbons (Fsp3) is 0.467. The van der Waals surface area contributed by atoms with Crippen molar-refractivity contribution < 1.29 is 9.59 Å². The minimum atomic E-state index is -0.0813. The lowest BCUT2D eigenvalue weighted by atomic mass is 10.2. The molecular formula is C15H23Cl2N3O2. The van der Waals surface area contributed by atoms with Gasteiger partial charge in [0.25, 0.3) is 0 Å². The van der Waals surface area contributed by atoms with Crippen molar-refractivity contribution in [3.8, 4) is 0 Å². The van der Waals surface area contributed by atoms with Crippen LogP contribution in [0.15, 0.2) is 24.3 Å². The molecule has 0 saturated heterocycles. The van der Waals surface area contributed by atoms with Gasteiger partial charge in [-0.1, -0.05) is 11.6 Å². The normalized spacial score (nSPS) is 11.2. The molecule has 0 aliphatic heterocycles. The van der Waals surface area contributed by atoms with Gasteiger partial charge >= 0.3 is 0 Å². The Morgan fingerprint density at radius 1 is 1.18 bits per heavy atom. The summed E-state index contributed by atoms with van der Waals surface area (Å²) in [4.78, 5) is 23.1. The maximum atomic E-state index is 11.7. The molecular weight excluding hydrogens is 325 g/mol. The highest BCUT2D eigenvalue weighted by molar-refractivity contribution is 6.30. The fourth-order valence-corrected chi connectivity index (χ4v) is 1.81. The lowest BCUT2D eigenvalue weighted by molar-refractivity contribution is -0.121. The Kier molecular flexibility index (Phi) is 10.6. The Morgan fingerprint density at radius 3 is 2.41 bits per heavy atom. The van der Waals surface area contributed by atoms with Gasteiger partial charge in [0.1, 0.15) is 0 Å². The molecule has 0 aliphatic rings. The molecule has 124 valence electrons. The Bertz CT molecular complexity index is 464. The van der Waals surface area contributed by atoms with Crippen molar-refractivity contribution in [1.82, 2.24) is 5.32 Å². The van der Waals surface area contributed by atoms with E-state index in [4.69, 9.17) is 17.3 Å². The SMILES string of the molecule is CC(N)CCC(=O)NCCCC(=O)Nc1ccc(Cl)cc1.Cl. The number of nitrogens with one attached hydrogen (secondary N) is 2. The van der Waals surface area contributed by atoms with Gasteiger partial charge in [0.15, 0.2) is 0 Å². The second-order valence-electron chi connectivity index (χ2n) is 5.02. The van der Waals surface area contributed by atoms with E-state index < -0.39 is 0 Å². The van der Waals surface area contributed by atoms with Gasteiger partial charge in [-0.15, -0.1) is 12.4 Å². The maximum Gasteiger partial charge on any atom is 0.224 e. The van der Waals surface area contributed by atoms with Gasteiger partial charge in [0.2, 0.25) is 11.8 Å². The van der Waals surface area contributed by atoms with Crippen molar-refractivity contribution in [3.63, 3.8) is 0 Å². The average molecular weight is 348 g/mol. The number of halogens is 2. The van der Waals surface area contributed by atoms with Crippen LogP contribution in [0.3, 0.4) is 0 Å². The molecule has 0 bridgehead atoms. The number of amides is 2. The van der Waals surface area contributed by atoms with Gasteiger partial charge < -0.3 is 16.4 Å². The van der Waals surface area contributed by atoms with Crippen molar-refractivity contribution in [2.45, 2.75) is 38.6 Å². The molecule has 1 aromatic carbocycles. The number of anilines is 1. The Morgan fingerprint density at radius 2 is 1.82 bits per heavy atom. The van der Waals surface area contributed by atoms with Crippen molar-refractivity contribution in [2.75, 3.05) is 11.9 Å². The first kappa shape index (κ1) is 20.7. The Hall–Kier alpha value is -1.30. The number of carbonyl (C=O) groups is 2. The number of hydrogen-bond donors (Lipinski definition) is 3. The Balaban J connectivity index is 0.00000441. The van der Waals surface area contributed by atoms with Crippen LogP contribution in [0, 0.1) is 0 Å². The first-order valence-corrected chi connectivity index (χ1v) is 7.43. The molecule has 0 spiro atoms. The third kappa shape index (κ3) is 9.60. The van der Waals surface area contributed by atoms with Crippen molar-refractivity contribution >= 4 is 41.5 Å². The third-order valence-corrected chi connectivity index (χ3v) is 3.11. The summed E-state index contributed by atoms with van der Waals surface area (Å²) in [5, 5.41) is 6.17. The zero-order valence-electron chi connectivity index (χ0n) is 12.6. The van der Waals surface area contributed by atoms with E-state index in [-0.39, 0.29) is 30.3 Å². The van der Waals surface area contributed by atoms with Crippen LogP contribution in [-0.4, -0.2) is 24.4 Å². The van der Waals surface area contributed by atoms with Gasteiger partial charge in [-0.05, 0) is 44.0 Å². The monoisotopic (exact) mass is 347 g/mol. The van der Waals surface area contributed by atoms with Crippen LogP contribution in [-0.2, 0) is 9.59 Å². The van der Waals surface area contributed by atoms with E-state index in [1.807, 2.05) is 6.92 Å². The first-order valence-electron chi connectivity index (χ1n) is 7.05. The highest BCUT2D eigenvalue weighted by atomic mass is 35.5. The molecule has 0 aliphatic carbocycles. The number of rotatable bonds is 8. The third-order valence-electron chi connectivity index (χ3n) is 2.86. The number of benzene rings is 1. The summed E-state index contributed by atoms with van der Waals surface area (Å²) in [5.41, 5.74) is 6.29. The predicted octanol–water partition coefficient (Wildman–Crippen LogP) is 2.72. The zero-order chi connectivity index (χ0) is 15.7. The van der Waals surface area contributed by atoms with Crippen LogP contribution >= 0.6 is 24.0 Å². The molecule has 1 aromatic rings. The highest BCUT2D eigenvalue weighted by Crippen LogP contribution is 2.13. The van der Waals surface area contributed by atoms with Gasteiger partial charge in [-0.25, -0.2) is 0 Å². The van der Waals surface area contributed by atoms with Crippen LogP contribution < -0.4 is 16.4 Å². The predicted molar refractivity (Wildman–Crippen MR) is 92.5 cm³/mol. The summed E-state index contributed by atoms with van der Waals surface area (Å²) >= 11 is 5.76. The number of carbonyl (C=O) groups excluding carboxylic acids is 2. The van der Waals surface area contributed by atoms with Crippen LogP contribution in [0.5, 0.6) is 0 Å². The van der Waals surface area contributed by atoms with Crippen LogP contribution in [0.1, 0.15) is 32.6 Å². The summed E-state index contributed by atoms with van der Waals surface area (Å²) in [7, 11) is 0. The molecule has 0 heterocycles. The first-order chi connectivity index (χ1) is 9.97. The molecule has 0 aromatic heterocycles. The quantitative estimate of drug-likeness (QED) is 0.632. The topological polar surface area (TPSA) is 84.2 Å². The van der Waals surface area contributed by atoms with E-state index in [0.717, 1.165) is 0 Å². The van der Waals surface area contributed by atoms with Gasteiger partial charge in [0, 0.05) is 36.1 Å². The van der Waals surface area contributed by atoms with Crippen LogP contribution in [0.4, 0.5) is 5.69 Å². The van der Waals surface area contributed by atoms with Crippen LogP contribution in [0.2, 0.25) is 5.02 Å². The van der Waals surface area contributed by atoms with Gasteiger partial charge in [0.05, 0.1) is 0 Å². The average Bonchev–Trinajstić information content (AvgIpc) is 2.44. The number of nitrogens with two attached hydrogens (primary N) is 1. The summed E-state index contributed by atoms with van der Waals surface area (Å²) in [5.74, 6) is -0.104. The smallest absolute Gasteiger partial charge is 0.224 e. The molecule has 0 fully saturated rings. The molecule has 0 radical (unpaired) electrons. The summed E-state index contributed by atoms with van der Waals surface area (Å²) in [6, 6.07) is 6.96. The molecule has 22 heavy (non-hydrogen) atoms.